The van der Waals surface area contributed by atoms with Gasteiger partial charge in [0, 0.05) is 18.6 Å². The maximum atomic E-state index is 13.1. The second-order valence-corrected chi connectivity index (χ2v) is 10.6. The highest BCUT2D eigenvalue weighted by molar-refractivity contribution is 7.92. The van der Waals surface area contributed by atoms with Crippen LogP contribution in [-0.4, -0.2) is 48.4 Å². The van der Waals surface area contributed by atoms with Crippen molar-refractivity contribution in [2.24, 2.45) is 11.7 Å². The van der Waals surface area contributed by atoms with Gasteiger partial charge < -0.3 is 10.6 Å². The Hall–Kier alpha value is -0.330. The third-order valence-corrected chi connectivity index (χ3v) is 8.97. The average molecular weight is 379 g/mol. The number of hydrogen-bond acceptors (Lipinski definition) is 4. The van der Waals surface area contributed by atoms with Crippen LogP contribution in [0.3, 0.4) is 0 Å². The van der Waals surface area contributed by atoms with Crippen molar-refractivity contribution in [3.8, 4) is 0 Å². The standard InChI is InChI=1S/C17H30N2O3S.ClH/c1-16(18)8-6-3-7-14(16)15(20)19-11-12-23(21,22)17(13-19)9-4-2-5-10-17;/h14H,2-13,18H2,1H3;1H. The number of hydrogen-bond donors (Lipinski definition) is 1. The van der Waals surface area contributed by atoms with Crippen molar-refractivity contribution in [1.29, 1.82) is 0 Å². The molecule has 2 saturated carbocycles. The predicted octanol–water partition coefficient (Wildman–Crippen LogP) is 2.28. The summed E-state index contributed by atoms with van der Waals surface area (Å²) in [5, 5.41) is 0. The Kier molecular flexibility index (Phi) is 5.93. The molecule has 2 unspecified atom stereocenters. The first-order chi connectivity index (χ1) is 10.8. The molecule has 5 nitrogen and oxygen atoms in total. The van der Waals surface area contributed by atoms with Crippen molar-refractivity contribution in [1.82, 2.24) is 4.90 Å². The van der Waals surface area contributed by atoms with Crippen LogP contribution in [-0.2, 0) is 14.6 Å². The number of sulfone groups is 1. The van der Waals surface area contributed by atoms with Crippen LogP contribution in [0.1, 0.15) is 64.7 Å². The average Bonchev–Trinajstić information content (AvgIpc) is 2.50. The Morgan fingerprint density at radius 1 is 1.08 bits per heavy atom. The van der Waals surface area contributed by atoms with Gasteiger partial charge in [-0.25, -0.2) is 8.42 Å². The Bertz CT molecular complexity index is 570. The topological polar surface area (TPSA) is 80.5 Å². The molecule has 1 aliphatic heterocycles. The molecule has 1 heterocycles. The van der Waals surface area contributed by atoms with E-state index in [1.54, 1.807) is 0 Å². The first kappa shape index (κ1) is 20.0. The molecule has 3 rings (SSSR count). The Morgan fingerprint density at radius 2 is 1.71 bits per heavy atom. The van der Waals surface area contributed by atoms with E-state index in [0.717, 1.165) is 44.9 Å². The number of carbonyl (C=O) groups excluding carboxylic acids is 1. The van der Waals surface area contributed by atoms with Crippen molar-refractivity contribution in [3.05, 3.63) is 0 Å². The van der Waals surface area contributed by atoms with E-state index < -0.39 is 20.1 Å². The lowest BCUT2D eigenvalue weighted by Crippen LogP contribution is -2.62. The highest BCUT2D eigenvalue weighted by Crippen LogP contribution is 2.40. The summed E-state index contributed by atoms with van der Waals surface area (Å²) in [6.07, 6.45) is 8.28. The van der Waals surface area contributed by atoms with Crippen molar-refractivity contribution < 1.29 is 13.2 Å². The SMILES string of the molecule is CC1(N)CCCCC1C(=O)N1CCS(=O)(=O)C2(CCCCC2)C1.Cl. The maximum absolute atomic E-state index is 13.1. The highest BCUT2D eigenvalue weighted by atomic mass is 35.5. The normalized spacial score (nSPS) is 35.2. The molecule has 0 radical (unpaired) electrons. The largest absolute Gasteiger partial charge is 0.340 e. The highest BCUT2D eigenvalue weighted by Gasteiger charge is 2.50. The van der Waals surface area contributed by atoms with Gasteiger partial charge in [0.1, 0.15) is 0 Å². The minimum absolute atomic E-state index is 0. The van der Waals surface area contributed by atoms with Crippen LogP contribution in [0.5, 0.6) is 0 Å². The van der Waals surface area contributed by atoms with Gasteiger partial charge in [-0.3, -0.25) is 4.79 Å². The van der Waals surface area contributed by atoms with Gasteiger partial charge >= 0.3 is 0 Å². The molecule has 3 aliphatic rings. The summed E-state index contributed by atoms with van der Waals surface area (Å²) in [5.74, 6) is 0.0551. The maximum Gasteiger partial charge on any atom is 0.227 e. The lowest BCUT2D eigenvalue weighted by Gasteiger charge is -2.47. The quantitative estimate of drug-likeness (QED) is 0.758. The lowest BCUT2D eigenvalue weighted by molar-refractivity contribution is -0.139. The van der Waals surface area contributed by atoms with E-state index >= 15 is 0 Å². The molecule has 0 aromatic rings. The summed E-state index contributed by atoms with van der Waals surface area (Å²) in [4.78, 5) is 14.9. The Balaban J connectivity index is 0.00000208. The van der Waals surface area contributed by atoms with Crippen molar-refractivity contribution in [2.45, 2.75) is 75.0 Å². The second kappa shape index (κ2) is 7.12. The smallest absolute Gasteiger partial charge is 0.227 e. The first-order valence-electron chi connectivity index (χ1n) is 9.07. The summed E-state index contributed by atoms with van der Waals surface area (Å²) >= 11 is 0. The molecule has 0 bridgehead atoms. The first-order valence-corrected chi connectivity index (χ1v) is 10.7. The molecule has 2 N–H and O–H groups in total. The zero-order chi connectivity index (χ0) is 16.7. The van der Waals surface area contributed by atoms with Crippen LogP contribution in [0.25, 0.3) is 0 Å². The zero-order valence-electron chi connectivity index (χ0n) is 14.6. The number of carbonyl (C=O) groups is 1. The van der Waals surface area contributed by atoms with Gasteiger partial charge in [0.25, 0.3) is 0 Å². The summed E-state index contributed by atoms with van der Waals surface area (Å²) in [5.41, 5.74) is 5.93. The molecule has 3 fully saturated rings. The van der Waals surface area contributed by atoms with E-state index in [4.69, 9.17) is 5.73 Å². The van der Waals surface area contributed by atoms with Crippen molar-refractivity contribution in [2.75, 3.05) is 18.8 Å². The van der Waals surface area contributed by atoms with Crippen LogP contribution in [0, 0.1) is 5.92 Å². The van der Waals surface area contributed by atoms with Crippen LogP contribution in [0.2, 0.25) is 0 Å². The molecule has 140 valence electrons. The monoisotopic (exact) mass is 378 g/mol. The lowest BCUT2D eigenvalue weighted by atomic mass is 9.73. The molecule has 2 atom stereocenters. The molecule has 0 aromatic carbocycles. The van der Waals surface area contributed by atoms with Crippen molar-refractivity contribution in [3.63, 3.8) is 0 Å². The third kappa shape index (κ3) is 3.47. The number of nitrogens with zero attached hydrogens (tertiary/aromatic N) is 1. The minimum Gasteiger partial charge on any atom is -0.340 e. The molecule has 1 amide bonds. The number of nitrogens with two attached hydrogens (primary N) is 1. The number of halogens is 1. The molecule has 7 heteroatoms. The van der Waals surface area contributed by atoms with Crippen LogP contribution in [0.4, 0.5) is 0 Å². The zero-order valence-corrected chi connectivity index (χ0v) is 16.3. The Labute approximate surface area is 152 Å². The van der Waals surface area contributed by atoms with Gasteiger partial charge in [-0.2, -0.15) is 0 Å². The fourth-order valence-corrected chi connectivity index (χ4v) is 6.97. The predicted molar refractivity (Wildman–Crippen MR) is 98.0 cm³/mol. The minimum atomic E-state index is -3.10. The van der Waals surface area contributed by atoms with E-state index in [1.165, 1.54) is 0 Å². The van der Waals surface area contributed by atoms with Crippen molar-refractivity contribution >= 4 is 28.2 Å². The second-order valence-electron chi connectivity index (χ2n) is 8.13. The fraction of sp³-hybridized carbons (Fsp3) is 0.941. The summed E-state index contributed by atoms with van der Waals surface area (Å²) in [6, 6.07) is 0. The molecule has 1 spiro atoms. The van der Waals surface area contributed by atoms with Gasteiger partial charge in [0.05, 0.1) is 16.4 Å². The number of rotatable bonds is 1. The van der Waals surface area contributed by atoms with Gasteiger partial charge in [-0.15, -0.1) is 12.4 Å². The van der Waals surface area contributed by atoms with E-state index in [1.807, 2.05) is 11.8 Å². The van der Waals surface area contributed by atoms with E-state index in [-0.39, 0.29) is 30.0 Å². The molecule has 0 aromatic heterocycles. The van der Waals surface area contributed by atoms with Gasteiger partial charge in [0.15, 0.2) is 9.84 Å². The van der Waals surface area contributed by atoms with E-state index in [0.29, 0.717) is 25.9 Å². The summed E-state index contributed by atoms with van der Waals surface area (Å²) < 4.78 is 24.7. The Morgan fingerprint density at radius 3 is 2.33 bits per heavy atom. The molecule has 24 heavy (non-hydrogen) atoms. The van der Waals surface area contributed by atoms with Crippen LogP contribution < -0.4 is 5.73 Å². The molecule has 1 saturated heterocycles. The number of amides is 1. The van der Waals surface area contributed by atoms with E-state index in [9.17, 15) is 13.2 Å². The van der Waals surface area contributed by atoms with Gasteiger partial charge in [0.2, 0.25) is 5.91 Å². The van der Waals surface area contributed by atoms with Crippen LogP contribution >= 0.6 is 12.4 Å². The van der Waals surface area contributed by atoms with Crippen LogP contribution in [0.15, 0.2) is 0 Å². The summed E-state index contributed by atoms with van der Waals surface area (Å²) in [6.45, 7) is 2.71. The molecular formula is C17H31ClN2O3S. The van der Waals surface area contributed by atoms with E-state index in [2.05, 4.69) is 0 Å². The fourth-order valence-electron chi connectivity index (χ4n) is 4.81. The summed E-state index contributed by atoms with van der Waals surface area (Å²) in [7, 11) is -3.10. The van der Waals surface area contributed by atoms with Gasteiger partial charge in [-0.05, 0) is 32.6 Å². The molecule has 2 aliphatic carbocycles. The third-order valence-electron chi connectivity index (χ3n) is 6.40. The molecular weight excluding hydrogens is 348 g/mol. The van der Waals surface area contributed by atoms with Gasteiger partial charge in [-0.1, -0.05) is 32.1 Å².